The second kappa shape index (κ2) is 8.61. The van der Waals surface area contributed by atoms with Crippen LogP contribution in [0.4, 0.5) is 5.69 Å². The maximum absolute atomic E-state index is 5.45. The number of rotatable bonds is 5. The molecule has 1 fully saturated rings. The first-order valence-corrected chi connectivity index (χ1v) is 10.4. The fraction of sp³-hybridized carbons (Fsp3) is 0.400. The predicted molar refractivity (Wildman–Crippen MR) is 114 cm³/mol. The van der Waals surface area contributed by atoms with Crippen LogP contribution < -0.4 is 5.32 Å². The van der Waals surface area contributed by atoms with E-state index in [9.17, 15) is 0 Å². The molecule has 4 heterocycles. The predicted octanol–water partition coefficient (Wildman–Crippen LogP) is 3.51. The highest BCUT2D eigenvalue weighted by molar-refractivity contribution is 7.13. The van der Waals surface area contributed by atoms with Crippen LogP contribution in [0.15, 0.2) is 40.2 Å². The largest absolute Gasteiger partial charge is 0.384 e. The van der Waals surface area contributed by atoms with Gasteiger partial charge in [-0.15, -0.1) is 23.7 Å². The number of para-hydroxylation sites is 1. The second-order valence-electron chi connectivity index (χ2n) is 7.17. The molecule has 5 rings (SSSR count). The van der Waals surface area contributed by atoms with Gasteiger partial charge in [-0.25, -0.2) is 0 Å². The van der Waals surface area contributed by atoms with Crippen LogP contribution in [-0.2, 0) is 19.5 Å². The summed E-state index contributed by atoms with van der Waals surface area (Å²) in [5.41, 5.74) is 4.26. The van der Waals surface area contributed by atoms with Gasteiger partial charge >= 0.3 is 0 Å². The van der Waals surface area contributed by atoms with Crippen LogP contribution in [0.1, 0.15) is 17.0 Å². The van der Waals surface area contributed by atoms with Crippen molar-refractivity contribution >= 4 is 29.4 Å². The lowest BCUT2D eigenvalue weighted by atomic mass is 10.1. The molecule has 0 saturated carbocycles. The minimum Gasteiger partial charge on any atom is -0.384 e. The van der Waals surface area contributed by atoms with Gasteiger partial charge in [0.1, 0.15) is 0 Å². The summed E-state index contributed by atoms with van der Waals surface area (Å²) in [5, 5.41) is 9.69. The summed E-state index contributed by atoms with van der Waals surface area (Å²) in [5.74, 6) is 1.40. The zero-order valence-corrected chi connectivity index (χ0v) is 17.3. The zero-order chi connectivity index (χ0) is 18.1. The van der Waals surface area contributed by atoms with Crippen molar-refractivity contribution in [2.75, 3.05) is 38.0 Å². The number of thiophene rings is 1. The number of nitrogens with one attached hydrogen (secondary N) is 1. The van der Waals surface area contributed by atoms with E-state index in [0.29, 0.717) is 11.7 Å². The number of anilines is 1. The fourth-order valence-corrected chi connectivity index (χ4v) is 4.55. The molecule has 1 saturated heterocycles. The molecule has 0 aliphatic carbocycles. The van der Waals surface area contributed by atoms with E-state index in [4.69, 9.17) is 4.52 Å². The summed E-state index contributed by atoms with van der Waals surface area (Å²) in [7, 11) is 0. The smallest absolute Gasteiger partial charge is 0.241 e. The summed E-state index contributed by atoms with van der Waals surface area (Å²) < 4.78 is 5.45. The molecule has 3 aromatic rings. The molecule has 0 bridgehead atoms. The normalized spacial score (nSPS) is 17.1. The third-order valence-corrected chi connectivity index (χ3v) is 6.23. The van der Waals surface area contributed by atoms with E-state index >= 15 is 0 Å². The van der Waals surface area contributed by atoms with Crippen molar-refractivity contribution in [1.29, 1.82) is 0 Å². The maximum atomic E-state index is 5.45. The number of halogens is 1. The molecule has 0 atom stereocenters. The first-order valence-electron chi connectivity index (χ1n) is 9.51. The van der Waals surface area contributed by atoms with Gasteiger partial charge in [0, 0.05) is 45.0 Å². The summed E-state index contributed by atoms with van der Waals surface area (Å²) in [4.78, 5) is 10.5. The molecule has 1 aromatic carbocycles. The Morgan fingerprint density at radius 1 is 1.04 bits per heavy atom. The van der Waals surface area contributed by atoms with E-state index < -0.39 is 0 Å². The van der Waals surface area contributed by atoms with Crippen molar-refractivity contribution in [3.8, 4) is 10.7 Å². The Hall–Kier alpha value is -1.93. The molecule has 148 valence electrons. The Labute approximate surface area is 175 Å². The Kier molecular flexibility index (Phi) is 5.96. The standard InChI is InChI=1S/C20H23N5OS.ClH/c1-3-15-6-7-21-19(15)16(4-1)13-24-8-10-25(11-9-24)14-18-22-20(23-26-18)17-5-2-12-27-17;/h1-5,12,21H,6-11,13-14H2;1H. The van der Waals surface area contributed by atoms with Crippen LogP contribution in [0.5, 0.6) is 0 Å². The van der Waals surface area contributed by atoms with Gasteiger partial charge in [0.2, 0.25) is 11.7 Å². The summed E-state index contributed by atoms with van der Waals surface area (Å²) >= 11 is 1.63. The topological polar surface area (TPSA) is 57.4 Å². The molecule has 8 heteroatoms. The molecular weight excluding hydrogens is 394 g/mol. The Morgan fingerprint density at radius 3 is 2.64 bits per heavy atom. The highest BCUT2D eigenvalue weighted by atomic mass is 35.5. The van der Waals surface area contributed by atoms with Crippen molar-refractivity contribution < 1.29 is 4.52 Å². The van der Waals surface area contributed by atoms with E-state index in [1.54, 1.807) is 11.3 Å². The van der Waals surface area contributed by atoms with Crippen LogP contribution in [0.3, 0.4) is 0 Å². The molecule has 2 aliphatic heterocycles. The van der Waals surface area contributed by atoms with Crippen LogP contribution >= 0.6 is 23.7 Å². The van der Waals surface area contributed by atoms with E-state index in [-0.39, 0.29) is 12.4 Å². The minimum absolute atomic E-state index is 0. The molecule has 0 amide bonds. The Morgan fingerprint density at radius 2 is 1.86 bits per heavy atom. The molecule has 2 aliphatic rings. The van der Waals surface area contributed by atoms with Gasteiger partial charge in [-0.05, 0) is 29.0 Å². The van der Waals surface area contributed by atoms with Gasteiger partial charge in [0.25, 0.3) is 0 Å². The molecule has 6 nitrogen and oxygen atoms in total. The van der Waals surface area contributed by atoms with E-state index in [1.165, 1.54) is 16.8 Å². The van der Waals surface area contributed by atoms with Gasteiger partial charge in [0.05, 0.1) is 11.4 Å². The van der Waals surface area contributed by atoms with Gasteiger partial charge in [-0.2, -0.15) is 4.98 Å². The van der Waals surface area contributed by atoms with Crippen molar-refractivity contribution in [2.45, 2.75) is 19.5 Å². The number of nitrogens with zero attached hydrogens (tertiary/aromatic N) is 4. The number of hydrogen-bond acceptors (Lipinski definition) is 7. The van der Waals surface area contributed by atoms with Gasteiger partial charge in [-0.3, -0.25) is 9.80 Å². The van der Waals surface area contributed by atoms with E-state index in [1.807, 2.05) is 17.5 Å². The first kappa shape index (κ1) is 19.4. The summed E-state index contributed by atoms with van der Waals surface area (Å²) in [6.07, 6.45) is 1.15. The molecule has 28 heavy (non-hydrogen) atoms. The number of fused-ring (bicyclic) bond motifs is 1. The summed E-state index contributed by atoms with van der Waals surface area (Å²) in [6, 6.07) is 10.7. The van der Waals surface area contributed by atoms with Crippen LogP contribution in [-0.4, -0.2) is 52.7 Å². The molecule has 0 radical (unpaired) electrons. The molecule has 2 aromatic heterocycles. The Bertz CT molecular complexity index is 905. The number of hydrogen-bond donors (Lipinski definition) is 1. The fourth-order valence-electron chi connectivity index (χ4n) is 3.91. The van der Waals surface area contributed by atoms with Crippen LogP contribution in [0, 0.1) is 0 Å². The average Bonchev–Trinajstić information content (AvgIpc) is 3.45. The SMILES string of the molecule is Cl.c1csc(-c2noc(CN3CCN(Cc4cccc5c4NCC5)CC3)n2)c1. The number of aromatic nitrogens is 2. The van der Waals surface area contributed by atoms with Crippen LogP contribution in [0.2, 0.25) is 0 Å². The lowest BCUT2D eigenvalue weighted by Gasteiger charge is -2.34. The zero-order valence-electron chi connectivity index (χ0n) is 15.6. The third-order valence-electron chi connectivity index (χ3n) is 5.36. The third kappa shape index (κ3) is 4.07. The van der Waals surface area contributed by atoms with Gasteiger partial charge in [0.15, 0.2) is 0 Å². The second-order valence-corrected chi connectivity index (χ2v) is 8.12. The molecule has 0 spiro atoms. The van der Waals surface area contributed by atoms with Crippen molar-refractivity contribution in [2.24, 2.45) is 0 Å². The highest BCUT2D eigenvalue weighted by Crippen LogP contribution is 2.27. The lowest BCUT2D eigenvalue weighted by molar-refractivity contribution is 0.112. The maximum Gasteiger partial charge on any atom is 0.241 e. The number of piperazine rings is 1. The minimum atomic E-state index is 0. The van der Waals surface area contributed by atoms with Crippen molar-refractivity contribution in [3.05, 3.63) is 52.7 Å². The van der Waals surface area contributed by atoms with Gasteiger partial charge < -0.3 is 9.84 Å². The lowest BCUT2D eigenvalue weighted by Crippen LogP contribution is -2.45. The monoisotopic (exact) mass is 417 g/mol. The molecule has 0 unspecified atom stereocenters. The average molecular weight is 418 g/mol. The first-order chi connectivity index (χ1) is 13.3. The van der Waals surface area contributed by atoms with Crippen molar-refractivity contribution in [3.63, 3.8) is 0 Å². The molecular formula is C20H24ClN5OS. The highest BCUT2D eigenvalue weighted by Gasteiger charge is 2.21. The van der Waals surface area contributed by atoms with E-state index in [0.717, 1.165) is 57.1 Å². The Balaban J connectivity index is 0.00000192. The van der Waals surface area contributed by atoms with Crippen LogP contribution in [0.25, 0.3) is 10.7 Å². The molecule has 1 N–H and O–H groups in total. The van der Waals surface area contributed by atoms with Gasteiger partial charge in [-0.1, -0.05) is 29.4 Å². The number of benzene rings is 1. The van der Waals surface area contributed by atoms with E-state index in [2.05, 4.69) is 43.5 Å². The quantitative estimate of drug-likeness (QED) is 0.685. The summed E-state index contributed by atoms with van der Waals surface area (Å²) in [6.45, 7) is 7.00. The van der Waals surface area contributed by atoms with Crippen molar-refractivity contribution in [1.82, 2.24) is 19.9 Å².